The van der Waals surface area contributed by atoms with Gasteiger partial charge in [-0.25, -0.2) is 4.79 Å². The van der Waals surface area contributed by atoms with Gasteiger partial charge in [-0.15, -0.1) is 0 Å². The predicted octanol–water partition coefficient (Wildman–Crippen LogP) is 3.80. The number of anilines is 2. The first-order valence-corrected chi connectivity index (χ1v) is 14.1. The first-order chi connectivity index (χ1) is 19.4. The third-order valence-corrected chi connectivity index (χ3v) is 8.75. The molecule has 0 saturated carbocycles. The summed E-state index contributed by atoms with van der Waals surface area (Å²) in [4.78, 5) is 34.2. The van der Waals surface area contributed by atoms with Gasteiger partial charge < -0.3 is 29.8 Å². The Morgan fingerprint density at radius 1 is 0.925 bits per heavy atom. The van der Waals surface area contributed by atoms with Crippen molar-refractivity contribution in [3.05, 3.63) is 95.6 Å². The Kier molecular flexibility index (Phi) is 7.21. The Balaban J connectivity index is 1.13. The van der Waals surface area contributed by atoms with Crippen molar-refractivity contribution in [1.29, 1.82) is 0 Å². The SMILES string of the molecule is O=C(O)c1cccc(CN2CN(c3ccccc3)C3(CCN(CCCN4c5ccccc5CC4O)CC3)C2=O)c1. The van der Waals surface area contributed by atoms with Gasteiger partial charge in [-0.2, -0.15) is 0 Å². The summed E-state index contributed by atoms with van der Waals surface area (Å²) in [6, 6.07) is 25.2. The van der Waals surface area contributed by atoms with E-state index in [0.29, 0.717) is 19.6 Å². The summed E-state index contributed by atoms with van der Waals surface area (Å²) in [5.41, 5.74) is 3.82. The number of aliphatic hydroxyl groups excluding tert-OH is 1. The number of hydrogen-bond acceptors (Lipinski definition) is 6. The smallest absolute Gasteiger partial charge is 0.335 e. The Labute approximate surface area is 235 Å². The van der Waals surface area contributed by atoms with E-state index in [4.69, 9.17) is 0 Å². The zero-order valence-electron chi connectivity index (χ0n) is 22.7. The number of carbonyl (C=O) groups excluding carboxylic acids is 1. The van der Waals surface area contributed by atoms with Crippen molar-refractivity contribution < 1.29 is 19.8 Å². The molecule has 1 unspecified atom stereocenters. The maximum Gasteiger partial charge on any atom is 0.335 e. The highest BCUT2D eigenvalue weighted by molar-refractivity contribution is 5.93. The van der Waals surface area contributed by atoms with Crippen LogP contribution in [0, 0.1) is 0 Å². The average Bonchev–Trinajstić information content (AvgIpc) is 3.43. The van der Waals surface area contributed by atoms with Crippen LogP contribution in [-0.4, -0.2) is 76.5 Å². The number of aliphatic hydroxyl groups is 1. The zero-order valence-corrected chi connectivity index (χ0v) is 22.7. The van der Waals surface area contributed by atoms with Gasteiger partial charge >= 0.3 is 5.97 Å². The zero-order chi connectivity index (χ0) is 27.7. The molecule has 1 atom stereocenters. The van der Waals surface area contributed by atoms with E-state index in [2.05, 4.69) is 39.0 Å². The van der Waals surface area contributed by atoms with Crippen LogP contribution in [0.2, 0.25) is 0 Å². The van der Waals surface area contributed by atoms with Crippen molar-refractivity contribution in [3.8, 4) is 0 Å². The number of fused-ring (bicyclic) bond motifs is 1. The maximum atomic E-state index is 14.1. The van der Waals surface area contributed by atoms with Crippen molar-refractivity contribution in [3.63, 3.8) is 0 Å². The molecular weight excluding hydrogens is 504 g/mol. The number of likely N-dealkylation sites (tertiary alicyclic amines) is 1. The minimum absolute atomic E-state index is 0.119. The Morgan fingerprint density at radius 2 is 1.68 bits per heavy atom. The molecule has 0 radical (unpaired) electrons. The molecule has 2 fully saturated rings. The molecule has 0 bridgehead atoms. The Hall–Kier alpha value is -3.88. The number of carboxylic acid groups (broad SMARTS) is 1. The van der Waals surface area contributed by atoms with Gasteiger partial charge in [0.25, 0.3) is 0 Å². The summed E-state index contributed by atoms with van der Waals surface area (Å²) in [6.45, 7) is 4.25. The molecule has 6 rings (SSSR count). The number of rotatable bonds is 8. The van der Waals surface area contributed by atoms with Crippen LogP contribution in [0.25, 0.3) is 0 Å². The summed E-state index contributed by atoms with van der Waals surface area (Å²) in [6.07, 6.45) is 2.64. The standard InChI is InChI=1S/C32H36N4O4/c37-29-21-25-9-4-5-13-28(25)35(29)17-7-16-33-18-14-32(15-19-33)31(40)34(23-36(32)27-11-2-1-3-12-27)22-24-8-6-10-26(20-24)30(38)39/h1-6,8-13,20,29,37H,7,14-19,21-23H2,(H,38,39). The molecule has 3 aliphatic rings. The van der Waals surface area contributed by atoms with Gasteiger partial charge in [0, 0.05) is 44.0 Å². The highest BCUT2D eigenvalue weighted by Crippen LogP contribution is 2.40. The number of piperidine rings is 1. The van der Waals surface area contributed by atoms with Gasteiger partial charge in [0.15, 0.2) is 0 Å². The molecule has 0 aromatic heterocycles. The van der Waals surface area contributed by atoms with Crippen molar-refractivity contribution in [1.82, 2.24) is 9.80 Å². The van der Waals surface area contributed by atoms with Crippen LogP contribution >= 0.6 is 0 Å². The minimum atomic E-state index is -0.965. The van der Waals surface area contributed by atoms with Gasteiger partial charge in [-0.05, 0) is 67.3 Å². The normalized spacial score (nSPS) is 20.4. The second-order valence-corrected chi connectivity index (χ2v) is 11.1. The van der Waals surface area contributed by atoms with Crippen LogP contribution in [0.5, 0.6) is 0 Å². The largest absolute Gasteiger partial charge is 0.478 e. The van der Waals surface area contributed by atoms with Crippen LogP contribution in [0.3, 0.4) is 0 Å². The van der Waals surface area contributed by atoms with Gasteiger partial charge in [-0.3, -0.25) is 4.79 Å². The monoisotopic (exact) mass is 540 g/mol. The van der Waals surface area contributed by atoms with Crippen molar-refractivity contribution in [2.24, 2.45) is 0 Å². The molecule has 1 amide bonds. The number of para-hydroxylation sites is 2. The summed E-state index contributed by atoms with van der Waals surface area (Å²) >= 11 is 0. The molecule has 3 aliphatic heterocycles. The van der Waals surface area contributed by atoms with Crippen LogP contribution < -0.4 is 9.80 Å². The molecule has 208 valence electrons. The van der Waals surface area contributed by atoms with Crippen molar-refractivity contribution in [2.45, 2.75) is 44.0 Å². The van der Waals surface area contributed by atoms with Gasteiger partial charge in [0.05, 0.1) is 12.2 Å². The van der Waals surface area contributed by atoms with Crippen molar-refractivity contribution in [2.75, 3.05) is 42.6 Å². The highest BCUT2D eigenvalue weighted by Gasteiger charge is 2.53. The van der Waals surface area contributed by atoms with Crippen LogP contribution in [-0.2, 0) is 17.8 Å². The molecule has 2 N–H and O–H groups in total. The number of benzene rings is 3. The Bertz CT molecular complexity index is 1370. The first kappa shape index (κ1) is 26.3. The molecule has 2 saturated heterocycles. The molecular formula is C32H36N4O4. The third-order valence-electron chi connectivity index (χ3n) is 8.75. The van der Waals surface area contributed by atoms with Gasteiger partial charge in [-0.1, -0.05) is 48.5 Å². The number of hydrogen-bond donors (Lipinski definition) is 2. The number of nitrogens with zero attached hydrogens (tertiary/aromatic N) is 4. The van der Waals surface area contributed by atoms with E-state index in [-0.39, 0.29) is 11.5 Å². The lowest BCUT2D eigenvalue weighted by Gasteiger charge is -2.43. The lowest BCUT2D eigenvalue weighted by Crippen LogP contribution is -2.56. The fourth-order valence-corrected chi connectivity index (χ4v) is 6.66. The predicted molar refractivity (Wildman–Crippen MR) is 154 cm³/mol. The fraction of sp³-hybridized carbons (Fsp3) is 0.375. The maximum absolute atomic E-state index is 14.1. The number of amides is 1. The number of carboxylic acids is 1. The van der Waals surface area contributed by atoms with E-state index in [0.717, 1.165) is 62.4 Å². The summed E-state index contributed by atoms with van der Waals surface area (Å²) in [5, 5.41) is 20.0. The molecule has 3 aromatic carbocycles. The number of carbonyl (C=O) groups is 2. The molecule has 0 aliphatic carbocycles. The van der Waals surface area contributed by atoms with Crippen LogP contribution in [0.4, 0.5) is 11.4 Å². The average molecular weight is 541 g/mol. The van der Waals surface area contributed by atoms with E-state index < -0.39 is 17.7 Å². The quantitative estimate of drug-likeness (QED) is 0.450. The van der Waals surface area contributed by atoms with Crippen molar-refractivity contribution >= 4 is 23.3 Å². The van der Waals surface area contributed by atoms with E-state index in [1.54, 1.807) is 18.2 Å². The summed E-state index contributed by atoms with van der Waals surface area (Å²) in [7, 11) is 0. The second kappa shape index (κ2) is 10.9. The van der Waals surface area contributed by atoms with Crippen LogP contribution in [0.15, 0.2) is 78.9 Å². The van der Waals surface area contributed by atoms with E-state index >= 15 is 0 Å². The van der Waals surface area contributed by atoms with Gasteiger partial charge in [0.1, 0.15) is 11.8 Å². The summed E-state index contributed by atoms with van der Waals surface area (Å²) in [5.74, 6) is -0.846. The van der Waals surface area contributed by atoms with Gasteiger partial charge in [0.2, 0.25) is 5.91 Å². The van der Waals surface area contributed by atoms with E-state index in [1.807, 2.05) is 41.3 Å². The molecule has 3 aromatic rings. The lowest BCUT2D eigenvalue weighted by molar-refractivity contribution is -0.134. The van der Waals surface area contributed by atoms with E-state index in [9.17, 15) is 19.8 Å². The first-order valence-electron chi connectivity index (χ1n) is 14.1. The minimum Gasteiger partial charge on any atom is -0.478 e. The lowest BCUT2D eigenvalue weighted by atomic mass is 9.85. The molecule has 3 heterocycles. The topological polar surface area (TPSA) is 87.6 Å². The third kappa shape index (κ3) is 4.93. The highest BCUT2D eigenvalue weighted by atomic mass is 16.4. The molecule has 8 heteroatoms. The molecule has 8 nitrogen and oxygen atoms in total. The molecule has 1 spiro atoms. The van der Waals surface area contributed by atoms with Crippen LogP contribution in [0.1, 0.15) is 40.7 Å². The second-order valence-electron chi connectivity index (χ2n) is 11.1. The number of aromatic carboxylic acids is 1. The Morgan fingerprint density at radius 3 is 2.45 bits per heavy atom. The fourth-order valence-electron chi connectivity index (χ4n) is 6.66. The molecule has 40 heavy (non-hydrogen) atoms. The summed E-state index contributed by atoms with van der Waals surface area (Å²) < 4.78 is 0. The van der Waals surface area contributed by atoms with E-state index in [1.165, 1.54) is 5.56 Å².